The summed E-state index contributed by atoms with van der Waals surface area (Å²) in [4.78, 5) is 12.5. The fourth-order valence-corrected chi connectivity index (χ4v) is 3.99. The van der Waals surface area contributed by atoms with Gasteiger partial charge in [0.2, 0.25) is 0 Å². The van der Waals surface area contributed by atoms with Crippen molar-refractivity contribution in [2.24, 2.45) is 0 Å². The number of rotatable bonds is 4. The molecule has 0 saturated heterocycles. The van der Waals surface area contributed by atoms with E-state index in [0.717, 1.165) is 23.0 Å². The number of methoxy groups -OCH3 is 1. The van der Waals surface area contributed by atoms with Crippen molar-refractivity contribution in [3.63, 3.8) is 0 Å². The Hall–Kier alpha value is -1.76. The summed E-state index contributed by atoms with van der Waals surface area (Å²) >= 11 is -0.262. The summed E-state index contributed by atoms with van der Waals surface area (Å²) in [6.45, 7) is 1.82. The third-order valence-electron chi connectivity index (χ3n) is 3.46. The molecule has 0 saturated carbocycles. The number of hydrogen-bond acceptors (Lipinski definition) is 4. The number of carbonyl (C=O) groups excluding carboxylic acids is 1. The molecule has 0 bridgehead atoms. The van der Waals surface area contributed by atoms with Crippen LogP contribution < -0.4 is 0 Å². The molecule has 0 amide bonds. The summed E-state index contributed by atoms with van der Waals surface area (Å²) in [5.41, 5.74) is 2.72. The number of hydrogen-bond donors (Lipinski definition) is 0. The SMILES string of the molecule is COC(=O)/C(C1=CC=C=IC=C1)=C(\C)c1ccc(S(C)(=O)=O)cc1. The Labute approximate surface area is 151 Å². The molecule has 0 unspecified atom stereocenters. The maximum Gasteiger partial charge on any atom is 0.338 e. The Bertz CT molecular complexity index is 910. The molecule has 0 atom stereocenters. The highest BCUT2D eigenvalue weighted by Gasteiger charge is 2.18. The van der Waals surface area contributed by atoms with Crippen molar-refractivity contribution < 1.29 is 17.9 Å². The van der Waals surface area contributed by atoms with E-state index in [4.69, 9.17) is 4.74 Å². The van der Waals surface area contributed by atoms with Gasteiger partial charge in [-0.05, 0) is 78.8 Å². The molecular weight excluding hydrogens is 439 g/mol. The Morgan fingerprint density at radius 3 is 2.46 bits per heavy atom. The van der Waals surface area contributed by atoms with Gasteiger partial charge in [-0.3, -0.25) is 0 Å². The van der Waals surface area contributed by atoms with E-state index in [1.54, 1.807) is 24.3 Å². The zero-order valence-electron chi connectivity index (χ0n) is 13.5. The lowest BCUT2D eigenvalue weighted by Gasteiger charge is -2.12. The molecule has 1 heterocycles. The van der Waals surface area contributed by atoms with Crippen LogP contribution in [0.15, 0.2) is 62.6 Å². The van der Waals surface area contributed by atoms with Crippen molar-refractivity contribution in [1.29, 1.82) is 0 Å². The Morgan fingerprint density at radius 1 is 1.21 bits per heavy atom. The zero-order valence-corrected chi connectivity index (χ0v) is 16.5. The molecule has 0 radical (unpaired) electrons. The molecule has 0 aromatic heterocycles. The van der Waals surface area contributed by atoms with E-state index in [-0.39, 0.29) is 25.6 Å². The molecule has 0 fully saturated rings. The van der Waals surface area contributed by atoms with Gasteiger partial charge in [-0.15, -0.1) is 0 Å². The fraction of sp³-hybridized carbons (Fsp3) is 0.167. The van der Waals surface area contributed by atoms with Crippen LogP contribution in [0.5, 0.6) is 0 Å². The normalized spacial score (nSPS) is 15.0. The van der Waals surface area contributed by atoms with Crippen molar-refractivity contribution in [2.75, 3.05) is 13.4 Å². The molecule has 0 spiro atoms. The minimum absolute atomic E-state index is 0.245. The maximum atomic E-state index is 12.3. The molecule has 1 aromatic carbocycles. The third kappa shape index (κ3) is 4.41. The van der Waals surface area contributed by atoms with Gasteiger partial charge in [0.05, 0.1) is 17.6 Å². The summed E-state index contributed by atoms with van der Waals surface area (Å²) in [7, 11) is -1.91. The van der Waals surface area contributed by atoms with Crippen LogP contribution in [0.1, 0.15) is 12.5 Å². The molecule has 0 N–H and O–H groups in total. The molecule has 0 aliphatic carbocycles. The van der Waals surface area contributed by atoms with E-state index in [9.17, 15) is 13.2 Å². The van der Waals surface area contributed by atoms with Crippen LogP contribution in [0.4, 0.5) is 0 Å². The van der Waals surface area contributed by atoms with E-state index >= 15 is 0 Å². The zero-order chi connectivity index (χ0) is 17.7. The van der Waals surface area contributed by atoms with Crippen molar-refractivity contribution in [3.05, 3.63) is 63.3 Å². The van der Waals surface area contributed by atoms with Gasteiger partial charge < -0.3 is 4.74 Å². The molecule has 6 heteroatoms. The topological polar surface area (TPSA) is 60.4 Å². The van der Waals surface area contributed by atoms with Gasteiger partial charge in [0.15, 0.2) is 9.84 Å². The molecule has 2 rings (SSSR count). The molecule has 1 aliphatic rings. The monoisotopic (exact) mass is 456 g/mol. The average molecular weight is 456 g/mol. The predicted molar refractivity (Wildman–Crippen MR) is 105 cm³/mol. The number of carbonyl (C=O) groups is 1. The number of benzene rings is 1. The third-order valence-corrected chi connectivity index (χ3v) is 6.03. The van der Waals surface area contributed by atoms with Crippen LogP contribution in [-0.4, -0.2) is 31.4 Å². The molecule has 24 heavy (non-hydrogen) atoms. The second kappa shape index (κ2) is 7.88. The van der Waals surface area contributed by atoms with Crippen LogP contribution in [0.25, 0.3) is 5.57 Å². The minimum Gasteiger partial charge on any atom is -0.465 e. The van der Waals surface area contributed by atoms with Crippen LogP contribution in [0.3, 0.4) is 0 Å². The summed E-state index contributed by atoms with van der Waals surface area (Å²) in [6.07, 6.45) is 6.73. The first-order valence-corrected chi connectivity index (χ1v) is 11.2. The van der Waals surface area contributed by atoms with Crippen molar-refractivity contribution in [1.82, 2.24) is 0 Å². The Balaban J connectivity index is 2.56. The second-order valence-corrected chi connectivity index (χ2v) is 9.07. The summed E-state index contributed by atoms with van der Waals surface area (Å²) in [5, 5.41) is 0. The average Bonchev–Trinajstić information content (AvgIpc) is 2.83. The number of ether oxygens (including phenoxy) is 1. The number of halogens is 1. The first-order valence-electron chi connectivity index (χ1n) is 7.02. The number of allylic oxidation sites excluding steroid dienone is 4. The van der Waals surface area contributed by atoms with E-state index in [1.165, 1.54) is 7.11 Å². The smallest absolute Gasteiger partial charge is 0.338 e. The number of esters is 1. The van der Waals surface area contributed by atoms with Crippen LogP contribution in [-0.2, 0) is 19.4 Å². The molecule has 1 aliphatic heterocycles. The van der Waals surface area contributed by atoms with Gasteiger partial charge in [-0.2, -0.15) is 0 Å². The first kappa shape index (κ1) is 18.6. The van der Waals surface area contributed by atoms with E-state index in [0.29, 0.717) is 5.57 Å². The largest absolute Gasteiger partial charge is 0.465 e. The van der Waals surface area contributed by atoms with E-state index < -0.39 is 15.8 Å². The van der Waals surface area contributed by atoms with Gasteiger partial charge in [0.25, 0.3) is 0 Å². The second-order valence-electron chi connectivity index (χ2n) is 5.09. The first-order chi connectivity index (χ1) is 11.3. The van der Waals surface area contributed by atoms with Crippen molar-refractivity contribution in [2.45, 2.75) is 11.8 Å². The van der Waals surface area contributed by atoms with Gasteiger partial charge in [-0.1, -0.05) is 15.8 Å². The highest BCUT2D eigenvalue weighted by atomic mass is 127. The standard InChI is InChI=1S/C18H17IO4S/c1-13(14-6-8-16(9-7-14)24(3,21)22)17(18(20)23-2)15-5-4-11-19-12-10-15/h4-10,12H,1-3H3/b17-13+. The predicted octanol–water partition coefficient (Wildman–Crippen LogP) is 3.42. The Kier molecular flexibility index (Phi) is 6.10. The van der Waals surface area contributed by atoms with E-state index in [2.05, 4.69) is 3.67 Å². The molecule has 126 valence electrons. The van der Waals surface area contributed by atoms with Crippen LogP contribution in [0, 0.1) is 0 Å². The quantitative estimate of drug-likeness (QED) is 0.396. The van der Waals surface area contributed by atoms with Crippen LogP contribution in [0.2, 0.25) is 0 Å². The van der Waals surface area contributed by atoms with Crippen molar-refractivity contribution in [3.8, 4) is 0 Å². The van der Waals surface area contributed by atoms with Gasteiger partial charge in [0.1, 0.15) is 0 Å². The molecule has 1 aromatic rings. The summed E-state index contributed by atoms with van der Waals surface area (Å²) in [6, 6.07) is 6.48. The Morgan fingerprint density at radius 2 is 1.88 bits per heavy atom. The summed E-state index contributed by atoms with van der Waals surface area (Å²) in [5.74, 6) is -0.427. The van der Waals surface area contributed by atoms with Gasteiger partial charge in [-0.25, -0.2) is 13.2 Å². The molecule has 4 nitrogen and oxygen atoms in total. The lowest BCUT2D eigenvalue weighted by molar-refractivity contribution is -0.135. The lowest BCUT2D eigenvalue weighted by Crippen LogP contribution is -2.09. The fourth-order valence-electron chi connectivity index (χ4n) is 2.20. The lowest BCUT2D eigenvalue weighted by atomic mass is 9.95. The number of sulfone groups is 1. The minimum atomic E-state index is -3.25. The molecular formula is C18H17IO4S. The van der Waals surface area contributed by atoms with Gasteiger partial charge >= 0.3 is 5.97 Å². The van der Waals surface area contributed by atoms with Gasteiger partial charge in [0, 0.05) is 6.26 Å². The maximum absolute atomic E-state index is 12.3. The van der Waals surface area contributed by atoms with E-state index in [1.807, 2.05) is 29.2 Å². The highest BCUT2D eigenvalue weighted by molar-refractivity contribution is 14.2. The highest BCUT2D eigenvalue weighted by Crippen LogP contribution is 2.27. The van der Waals surface area contributed by atoms with Crippen LogP contribution >= 0.6 is 20.7 Å². The summed E-state index contributed by atoms with van der Waals surface area (Å²) < 4.78 is 33.3. The van der Waals surface area contributed by atoms with Crippen molar-refractivity contribution >= 4 is 45.8 Å².